The van der Waals surface area contributed by atoms with Crippen LogP contribution in [0.5, 0.6) is 0 Å². The van der Waals surface area contributed by atoms with Gasteiger partial charge in [0, 0.05) is 13.2 Å². The Kier molecular flexibility index (Phi) is 8.29. The van der Waals surface area contributed by atoms with Gasteiger partial charge in [0.15, 0.2) is 17.9 Å². The van der Waals surface area contributed by atoms with Crippen molar-refractivity contribution in [2.24, 2.45) is 0 Å². The molecule has 0 bridgehead atoms. The highest BCUT2D eigenvalue weighted by Gasteiger charge is 1.98. The first kappa shape index (κ1) is 14.7. The van der Waals surface area contributed by atoms with Crippen LogP contribution in [-0.2, 0) is 19.1 Å². The zero-order valence-electron chi connectivity index (χ0n) is 9.93. The molecule has 0 aromatic heterocycles. The molecule has 1 aliphatic rings. The number of rotatable bonds is 4. The summed E-state index contributed by atoms with van der Waals surface area (Å²) >= 11 is 0. The van der Waals surface area contributed by atoms with Crippen LogP contribution >= 0.6 is 0 Å². The molecule has 90 valence electrons. The minimum Gasteiger partial charge on any atom is -0.353 e. The zero-order valence-corrected chi connectivity index (χ0v) is 9.93. The van der Waals surface area contributed by atoms with Crippen molar-refractivity contribution in [1.29, 1.82) is 0 Å². The summed E-state index contributed by atoms with van der Waals surface area (Å²) in [5.74, 6) is -0.241. The molecule has 0 unspecified atom stereocenters. The van der Waals surface area contributed by atoms with E-state index in [4.69, 9.17) is 9.47 Å². The molecular weight excluding hydrogens is 208 g/mol. The van der Waals surface area contributed by atoms with Gasteiger partial charge in [0.2, 0.25) is 0 Å². The van der Waals surface area contributed by atoms with Crippen LogP contribution < -0.4 is 0 Å². The molecule has 1 aliphatic carbocycles. The molecule has 16 heavy (non-hydrogen) atoms. The van der Waals surface area contributed by atoms with Gasteiger partial charge in [0.1, 0.15) is 0 Å². The van der Waals surface area contributed by atoms with E-state index in [2.05, 4.69) is 0 Å². The lowest BCUT2D eigenvalue weighted by molar-refractivity contribution is -0.123. The third kappa shape index (κ3) is 8.08. The Labute approximate surface area is 95.9 Å². The van der Waals surface area contributed by atoms with Crippen LogP contribution in [0.25, 0.3) is 0 Å². The number of hydrogen-bond donors (Lipinski definition) is 0. The van der Waals surface area contributed by atoms with E-state index in [1.54, 1.807) is 0 Å². The quantitative estimate of drug-likeness (QED) is 0.540. The van der Waals surface area contributed by atoms with Gasteiger partial charge in [-0.05, 0) is 45.1 Å². The molecule has 0 spiro atoms. The fraction of sp³-hybridized carbons (Fsp3) is 0.500. The summed E-state index contributed by atoms with van der Waals surface area (Å²) in [5.41, 5.74) is 0. The van der Waals surface area contributed by atoms with Crippen LogP contribution in [0, 0.1) is 0 Å². The van der Waals surface area contributed by atoms with Crippen molar-refractivity contribution in [3.63, 3.8) is 0 Å². The molecule has 0 saturated carbocycles. The summed E-state index contributed by atoms with van der Waals surface area (Å²) in [6.45, 7) is 7.25. The molecule has 0 saturated heterocycles. The summed E-state index contributed by atoms with van der Waals surface area (Å²) in [6, 6.07) is 0. The van der Waals surface area contributed by atoms with E-state index < -0.39 is 0 Å². The molecule has 0 amide bonds. The molecule has 1 rings (SSSR count). The SMILES string of the molecule is CCOC(C)OCC.O=C1C=CC(=O)C=C1. The summed E-state index contributed by atoms with van der Waals surface area (Å²) in [4.78, 5) is 20.6. The van der Waals surface area contributed by atoms with Crippen molar-refractivity contribution in [3.8, 4) is 0 Å². The first-order valence-electron chi connectivity index (χ1n) is 5.27. The van der Waals surface area contributed by atoms with Crippen molar-refractivity contribution in [3.05, 3.63) is 24.3 Å². The number of hydrogen-bond acceptors (Lipinski definition) is 4. The number of carbonyl (C=O) groups is 2. The minimum absolute atomic E-state index is 0.0370. The molecule has 0 aromatic rings. The Morgan fingerprint density at radius 1 is 0.938 bits per heavy atom. The molecule has 4 nitrogen and oxygen atoms in total. The molecule has 0 aliphatic heterocycles. The van der Waals surface area contributed by atoms with Gasteiger partial charge in [0.05, 0.1) is 0 Å². The second-order valence-corrected chi connectivity index (χ2v) is 2.95. The highest BCUT2D eigenvalue weighted by Crippen LogP contribution is 1.91. The van der Waals surface area contributed by atoms with Crippen LogP contribution in [0.3, 0.4) is 0 Å². The predicted molar refractivity (Wildman–Crippen MR) is 61.0 cm³/mol. The molecule has 0 N–H and O–H groups in total. The van der Waals surface area contributed by atoms with Gasteiger partial charge in [-0.15, -0.1) is 0 Å². The van der Waals surface area contributed by atoms with Gasteiger partial charge < -0.3 is 9.47 Å². The number of ether oxygens (including phenoxy) is 2. The molecule has 0 atom stereocenters. The maximum atomic E-state index is 10.3. The summed E-state index contributed by atoms with van der Waals surface area (Å²) < 4.78 is 10.1. The van der Waals surface area contributed by atoms with E-state index in [-0.39, 0.29) is 17.9 Å². The highest BCUT2D eigenvalue weighted by atomic mass is 16.7. The smallest absolute Gasteiger partial charge is 0.178 e. The number of allylic oxidation sites excluding steroid dienone is 4. The van der Waals surface area contributed by atoms with Crippen LogP contribution in [0.4, 0.5) is 0 Å². The lowest BCUT2D eigenvalue weighted by Gasteiger charge is -2.09. The molecule has 0 fully saturated rings. The minimum atomic E-state index is -0.121. The first-order chi connectivity index (χ1) is 7.60. The van der Waals surface area contributed by atoms with Crippen molar-refractivity contribution in [2.75, 3.05) is 13.2 Å². The van der Waals surface area contributed by atoms with Gasteiger partial charge in [-0.2, -0.15) is 0 Å². The maximum absolute atomic E-state index is 10.3. The van der Waals surface area contributed by atoms with Gasteiger partial charge in [-0.25, -0.2) is 0 Å². The zero-order chi connectivity index (χ0) is 12.4. The molecule has 0 aromatic carbocycles. The van der Waals surface area contributed by atoms with Crippen molar-refractivity contribution in [1.82, 2.24) is 0 Å². The third-order valence-corrected chi connectivity index (χ3v) is 1.63. The summed E-state index contributed by atoms with van der Waals surface area (Å²) in [6.07, 6.45) is 4.97. The first-order valence-corrected chi connectivity index (χ1v) is 5.27. The van der Waals surface area contributed by atoms with E-state index in [1.807, 2.05) is 20.8 Å². The Balaban J connectivity index is 0.000000281. The van der Waals surface area contributed by atoms with Crippen molar-refractivity contribution < 1.29 is 19.1 Å². The fourth-order valence-corrected chi connectivity index (χ4v) is 0.957. The second kappa shape index (κ2) is 9.00. The van der Waals surface area contributed by atoms with Gasteiger partial charge in [-0.3, -0.25) is 9.59 Å². The van der Waals surface area contributed by atoms with Crippen LogP contribution in [0.2, 0.25) is 0 Å². The van der Waals surface area contributed by atoms with E-state index in [9.17, 15) is 9.59 Å². The standard InChI is InChI=1S/C6H4O2.C6H14O2/c7-5-1-2-6(8)4-3-5;1-4-7-6(3)8-5-2/h1-4H;6H,4-5H2,1-3H3. The molecule has 4 heteroatoms. The molecular formula is C12H18O4. The summed E-state index contributed by atoms with van der Waals surface area (Å²) in [5, 5.41) is 0. The van der Waals surface area contributed by atoms with E-state index in [1.165, 1.54) is 24.3 Å². The number of ketones is 2. The second-order valence-electron chi connectivity index (χ2n) is 2.95. The van der Waals surface area contributed by atoms with Crippen LogP contribution in [0.15, 0.2) is 24.3 Å². The topological polar surface area (TPSA) is 52.6 Å². The third-order valence-electron chi connectivity index (χ3n) is 1.63. The van der Waals surface area contributed by atoms with E-state index in [0.717, 1.165) is 13.2 Å². The van der Waals surface area contributed by atoms with Gasteiger partial charge in [0.25, 0.3) is 0 Å². The Morgan fingerprint density at radius 2 is 1.25 bits per heavy atom. The Hall–Kier alpha value is -1.26. The monoisotopic (exact) mass is 226 g/mol. The summed E-state index contributed by atoms with van der Waals surface area (Å²) in [7, 11) is 0. The highest BCUT2D eigenvalue weighted by molar-refractivity contribution is 6.14. The number of carbonyl (C=O) groups excluding carboxylic acids is 2. The Bertz CT molecular complexity index is 235. The van der Waals surface area contributed by atoms with Gasteiger partial charge in [-0.1, -0.05) is 0 Å². The predicted octanol–water partition coefficient (Wildman–Crippen LogP) is 1.66. The largest absolute Gasteiger partial charge is 0.353 e. The average Bonchev–Trinajstić information content (AvgIpc) is 2.24. The molecule has 0 radical (unpaired) electrons. The Morgan fingerprint density at radius 3 is 1.50 bits per heavy atom. The van der Waals surface area contributed by atoms with E-state index >= 15 is 0 Å². The maximum Gasteiger partial charge on any atom is 0.178 e. The van der Waals surface area contributed by atoms with Crippen molar-refractivity contribution in [2.45, 2.75) is 27.1 Å². The lowest BCUT2D eigenvalue weighted by atomic mass is 10.2. The normalized spacial score (nSPS) is 14.0. The van der Waals surface area contributed by atoms with Crippen molar-refractivity contribution >= 4 is 11.6 Å². The fourth-order valence-electron chi connectivity index (χ4n) is 0.957. The van der Waals surface area contributed by atoms with E-state index in [0.29, 0.717) is 0 Å². The lowest BCUT2D eigenvalue weighted by Crippen LogP contribution is -2.11. The average molecular weight is 226 g/mol. The van der Waals surface area contributed by atoms with Gasteiger partial charge >= 0.3 is 0 Å². The molecule has 0 heterocycles. The van der Waals surface area contributed by atoms with Crippen LogP contribution in [0.1, 0.15) is 20.8 Å². The van der Waals surface area contributed by atoms with Crippen LogP contribution in [-0.4, -0.2) is 31.1 Å².